The molecule has 1 N–H and O–H groups in total. The molecule has 0 aliphatic carbocycles. The molecule has 0 spiro atoms. The van der Waals surface area contributed by atoms with Gasteiger partial charge in [0.05, 0.1) is 6.10 Å². The van der Waals surface area contributed by atoms with Crippen LogP contribution in [0.1, 0.15) is 26.2 Å². The van der Waals surface area contributed by atoms with Crippen LogP contribution in [0.3, 0.4) is 0 Å². The summed E-state index contributed by atoms with van der Waals surface area (Å²) in [5, 5.41) is 3.74. The maximum Gasteiger partial charge on any atom is 0.0700 e. The normalized spacial score (nSPS) is 36.4. The molecule has 2 atom stereocenters. The molecule has 0 aromatic rings. The van der Waals surface area contributed by atoms with Crippen molar-refractivity contribution in [3.8, 4) is 0 Å². The van der Waals surface area contributed by atoms with Crippen LogP contribution in [0.25, 0.3) is 0 Å². The summed E-state index contributed by atoms with van der Waals surface area (Å²) in [6.45, 7) is 5.59. The topological polar surface area (TPSA) is 24.5 Å². The number of ether oxygens (including phenoxy) is 1. The fourth-order valence-electron chi connectivity index (χ4n) is 2.43. The third-order valence-electron chi connectivity index (χ3n) is 3.54. The van der Waals surface area contributed by atoms with Crippen LogP contribution >= 0.6 is 0 Å². The van der Waals surface area contributed by atoms with Crippen molar-refractivity contribution in [2.75, 3.05) is 26.7 Å². The maximum atomic E-state index is 5.56. The zero-order chi connectivity index (χ0) is 9.97. The van der Waals surface area contributed by atoms with Gasteiger partial charge in [0.15, 0.2) is 0 Å². The summed E-state index contributed by atoms with van der Waals surface area (Å²) in [6, 6.07) is 1.32. The van der Waals surface area contributed by atoms with Gasteiger partial charge in [-0.25, -0.2) is 0 Å². The molecule has 2 aliphatic heterocycles. The molecule has 2 heterocycles. The molecule has 0 aromatic carbocycles. The molecule has 0 aromatic heterocycles. The van der Waals surface area contributed by atoms with Crippen molar-refractivity contribution in [2.24, 2.45) is 0 Å². The standard InChI is InChI=1S/C11H22N2O/c1-9-11(5-8-14-9)12-10-3-6-13(2)7-4-10/h9-12H,3-8H2,1-2H3. The lowest BCUT2D eigenvalue weighted by Gasteiger charge is -2.32. The van der Waals surface area contributed by atoms with Gasteiger partial charge in [-0.15, -0.1) is 0 Å². The number of nitrogens with one attached hydrogen (secondary N) is 1. The van der Waals surface area contributed by atoms with Gasteiger partial charge >= 0.3 is 0 Å². The minimum atomic E-state index is 0.412. The van der Waals surface area contributed by atoms with Crippen molar-refractivity contribution < 1.29 is 4.74 Å². The van der Waals surface area contributed by atoms with Crippen molar-refractivity contribution >= 4 is 0 Å². The SMILES string of the molecule is CC1OCCC1NC1CCN(C)CC1. The molecular weight excluding hydrogens is 176 g/mol. The molecule has 0 bridgehead atoms. The Labute approximate surface area is 86.8 Å². The number of likely N-dealkylation sites (tertiary alicyclic amines) is 1. The Hall–Kier alpha value is -0.120. The molecule has 2 rings (SSSR count). The fourth-order valence-corrected chi connectivity index (χ4v) is 2.43. The lowest BCUT2D eigenvalue weighted by molar-refractivity contribution is 0.107. The summed E-state index contributed by atoms with van der Waals surface area (Å²) in [7, 11) is 2.21. The molecule has 2 aliphatic rings. The summed E-state index contributed by atoms with van der Waals surface area (Å²) in [5.74, 6) is 0. The molecule has 2 unspecified atom stereocenters. The largest absolute Gasteiger partial charge is 0.377 e. The molecule has 2 fully saturated rings. The second-order valence-electron chi connectivity index (χ2n) is 4.72. The zero-order valence-electron chi connectivity index (χ0n) is 9.33. The van der Waals surface area contributed by atoms with E-state index >= 15 is 0 Å². The van der Waals surface area contributed by atoms with Crippen LogP contribution in [0.2, 0.25) is 0 Å². The molecule has 14 heavy (non-hydrogen) atoms. The van der Waals surface area contributed by atoms with Crippen molar-refractivity contribution in [3.63, 3.8) is 0 Å². The minimum absolute atomic E-state index is 0.412. The lowest BCUT2D eigenvalue weighted by atomic mass is 10.0. The molecule has 3 heteroatoms. The Morgan fingerprint density at radius 3 is 2.50 bits per heavy atom. The van der Waals surface area contributed by atoms with E-state index in [1.165, 1.54) is 32.4 Å². The predicted molar refractivity (Wildman–Crippen MR) is 57.5 cm³/mol. The van der Waals surface area contributed by atoms with Crippen molar-refractivity contribution in [3.05, 3.63) is 0 Å². The van der Waals surface area contributed by atoms with E-state index in [4.69, 9.17) is 4.74 Å². The van der Waals surface area contributed by atoms with Crippen LogP contribution < -0.4 is 5.32 Å². The second kappa shape index (κ2) is 4.60. The second-order valence-corrected chi connectivity index (χ2v) is 4.72. The number of nitrogens with zero attached hydrogens (tertiary/aromatic N) is 1. The van der Waals surface area contributed by atoms with Crippen LogP contribution in [0.4, 0.5) is 0 Å². The molecule has 82 valence electrons. The summed E-state index contributed by atoms with van der Waals surface area (Å²) < 4.78 is 5.56. The van der Waals surface area contributed by atoms with Gasteiger partial charge in [-0.3, -0.25) is 0 Å². The van der Waals surface area contributed by atoms with Gasteiger partial charge in [-0.1, -0.05) is 0 Å². The monoisotopic (exact) mass is 198 g/mol. The summed E-state index contributed by atoms with van der Waals surface area (Å²) in [6.07, 6.45) is 4.18. The van der Waals surface area contributed by atoms with Crippen molar-refractivity contribution in [2.45, 2.75) is 44.4 Å². The van der Waals surface area contributed by atoms with Gasteiger partial charge in [0, 0.05) is 18.7 Å². The Balaban J connectivity index is 1.74. The maximum absolute atomic E-state index is 5.56. The van der Waals surface area contributed by atoms with E-state index in [0.29, 0.717) is 12.1 Å². The van der Waals surface area contributed by atoms with Crippen LogP contribution in [0.5, 0.6) is 0 Å². The fraction of sp³-hybridized carbons (Fsp3) is 1.00. The van der Waals surface area contributed by atoms with E-state index in [2.05, 4.69) is 24.2 Å². The highest BCUT2D eigenvalue weighted by atomic mass is 16.5. The van der Waals surface area contributed by atoms with Gasteiger partial charge in [0.2, 0.25) is 0 Å². The third kappa shape index (κ3) is 2.47. The van der Waals surface area contributed by atoms with E-state index in [0.717, 1.165) is 12.6 Å². The van der Waals surface area contributed by atoms with Crippen LogP contribution in [-0.2, 0) is 4.74 Å². The smallest absolute Gasteiger partial charge is 0.0700 e. The first-order valence-electron chi connectivity index (χ1n) is 5.82. The Morgan fingerprint density at radius 1 is 1.21 bits per heavy atom. The molecule has 0 radical (unpaired) electrons. The number of hydrogen-bond donors (Lipinski definition) is 1. The van der Waals surface area contributed by atoms with Crippen LogP contribution in [0.15, 0.2) is 0 Å². The van der Waals surface area contributed by atoms with E-state index in [-0.39, 0.29) is 0 Å². The quantitative estimate of drug-likeness (QED) is 0.712. The molecular formula is C11H22N2O. The third-order valence-corrected chi connectivity index (χ3v) is 3.54. The summed E-state index contributed by atoms with van der Waals surface area (Å²) in [5.41, 5.74) is 0. The minimum Gasteiger partial charge on any atom is -0.377 e. The van der Waals surface area contributed by atoms with E-state index < -0.39 is 0 Å². The molecule has 0 amide bonds. The van der Waals surface area contributed by atoms with E-state index in [1.807, 2.05) is 0 Å². The highest BCUT2D eigenvalue weighted by Gasteiger charge is 2.27. The highest BCUT2D eigenvalue weighted by Crippen LogP contribution is 2.16. The van der Waals surface area contributed by atoms with E-state index in [9.17, 15) is 0 Å². The average Bonchev–Trinajstić information content (AvgIpc) is 2.56. The van der Waals surface area contributed by atoms with Gasteiger partial charge in [0.1, 0.15) is 0 Å². The zero-order valence-corrected chi connectivity index (χ0v) is 9.33. The van der Waals surface area contributed by atoms with Crippen molar-refractivity contribution in [1.29, 1.82) is 0 Å². The average molecular weight is 198 g/mol. The Bertz CT molecular complexity index is 178. The first-order chi connectivity index (χ1) is 6.75. The van der Waals surface area contributed by atoms with E-state index in [1.54, 1.807) is 0 Å². The van der Waals surface area contributed by atoms with Gasteiger partial charge in [-0.05, 0) is 46.3 Å². The lowest BCUT2D eigenvalue weighted by Crippen LogP contribution is -2.47. The van der Waals surface area contributed by atoms with Crippen LogP contribution in [-0.4, -0.2) is 49.8 Å². The Kier molecular flexibility index (Phi) is 3.42. The predicted octanol–water partition coefficient (Wildman–Crippen LogP) is 0.848. The summed E-state index contributed by atoms with van der Waals surface area (Å²) in [4.78, 5) is 2.41. The number of rotatable bonds is 2. The Morgan fingerprint density at radius 2 is 1.93 bits per heavy atom. The number of piperidine rings is 1. The van der Waals surface area contributed by atoms with Gasteiger partial charge < -0.3 is 15.0 Å². The number of hydrogen-bond acceptors (Lipinski definition) is 3. The molecule has 3 nitrogen and oxygen atoms in total. The molecule has 2 saturated heterocycles. The van der Waals surface area contributed by atoms with Gasteiger partial charge in [0.25, 0.3) is 0 Å². The summed E-state index contributed by atoms with van der Waals surface area (Å²) >= 11 is 0. The van der Waals surface area contributed by atoms with Crippen LogP contribution in [0, 0.1) is 0 Å². The first-order valence-corrected chi connectivity index (χ1v) is 5.82. The molecule has 0 saturated carbocycles. The van der Waals surface area contributed by atoms with Gasteiger partial charge in [-0.2, -0.15) is 0 Å². The first kappa shape index (κ1) is 10.4. The van der Waals surface area contributed by atoms with Crippen molar-refractivity contribution in [1.82, 2.24) is 10.2 Å². The highest BCUT2D eigenvalue weighted by molar-refractivity contribution is 4.85.